The third kappa shape index (κ3) is 3.78. The molecule has 1 unspecified atom stereocenters. The van der Waals surface area contributed by atoms with E-state index in [0.717, 1.165) is 29.7 Å². The van der Waals surface area contributed by atoms with Crippen molar-refractivity contribution in [3.05, 3.63) is 29.5 Å². The maximum atomic E-state index is 5.97. The number of rotatable bonds is 5. The van der Waals surface area contributed by atoms with Gasteiger partial charge in [-0.25, -0.2) is 9.97 Å². The molecule has 0 radical (unpaired) electrons. The van der Waals surface area contributed by atoms with E-state index in [1.54, 1.807) is 6.33 Å². The molecule has 5 heteroatoms. The quantitative estimate of drug-likeness (QED) is 0.913. The maximum Gasteiger partial charge on any atom is 0.137 e. The standard InChI is InChI=1S/C14H19ClN4/c1-10(6-7-19(2)3)18-14-12-5-4-11(15)8-13(12)16-9-17-14/h4-5,8-10H,6-7H2,1-3H3,(H,16,17,18). The second-order valence-corrected chi connectivity index (χ2v) is 5.46. The van der Waals surface area contributed by atoms with Crippen molar-refractivity contribution in [3.8, 4) is 0 Å². The van der Waals surface area contributed by atoms with Crippen molar-refractivity contribution < 1.29 is 0 Å². The van der Waals surface area contributed by atoms with Crippen molar-refractivity contribution in [2.45, 2.75) is 19.4 Å². The minimum atomic E-state index is 0.358. The summed E-state index contributed by atoms with van der Waals surface area (Å²) in [5, 5.41) is 5.13. The smallest absolute Gasteiger partial charge is 0.137 e. The summed E-state index contributed by atoms with van der Waals surface area (Å²) < 4.78 is 0. The van der Waals surface area contributed by atoms with E-state index in [2.05, 4.69) is 41.2 Å². The largest absolute Gasteiger partial charge is 0.367 e. The van der Waals surface area contributed by atoms with Gasteiger partial charge >= 0.3 is 0 Å². The second kappa shape index (κ2) is 6.17. The van der Waals surface area contributed by atoms with Gasteiger partial charge in [-0.3, -0.25) is 0 Å². The highest BCUT2D eigenvalue weighted by Crippen LogP contribution is 2.23. The molecule has 4 nitrogen and oxygen atoms in total. The van der Waals surface area contributed by atoms with E-state index in [1.807, 2.05) is 18.2 Å². The molecule has 0 amide bonds. The van der Waals surface area contributed by atoms with Crippen LogP contribution in [-0.2, 0) is 0 Å². The molecule has 0 bridgehead atoms. The predicted molar refractivity (Wildman–Crippen MR) is 80.8 cm³/mol. The Labute approximate surface area is 118 Å². The monoisotopic (exact) mass is 278 g/mol. The Morgan fingerprint density at radius 1 is 1.32 bits per heavy atom. The number of nitrogens with zero attached hydrogens (tertiary/aromatic N) is 3. The van der Waals surface area contributed by atoms with Crippen LogP contribution in [0.2, 0.25) is 5.02 Å². The van der Waals surface area contributed by atoms with Gasteiger partial charge in [0.2, 0.25) is 0 Å². The lowest BCUT2D eigenvalue weighted by atomic mass is 10.2. The summed E-state index contributed by atoms with van der Waals surface area (Å²) in [5.41, 5.74) is 0.866. The molecule has 102 valence electrons. The van der Waals surface area contributed by atoms with Crippen LogP contribution in [0.15, 0.2) is 24.5 Å². The normalized spacial score (nSPS) is 12.9. The van der Waals surface area contributed by atoms with Crippen molar-refractivity contribution in [2.75, 3.05) is 26.0 Å². The Morgan fingerprint density at radius 3 is 2.84 bits per heavy atom. The summed E-state index contributed by atoms with van der Waals surface area (Å²) in [5.74, 6) is 0.868. The zero-order chi connectivity index (χ0) is 13.8. The van der Waals surface area contributed by atoms with Crippen molar-refractivity contribution in [3.63, 3.8) is 0 Å². The molecule has 19 heavy (non-hydrogen) atoms. The molecule has 2 rings (SSSR count). The average molecular weight is 279 g/mol. The van der Waals surface area contributed by atoms with E-state index < -0.39 is 0 Å². The molecule has 1 N–H and O–H groups in total. The molecule has 0 fully saturated rings. The van der Waals surface area contributed by atoms with Gasteiger partial charge in [-0.2, -0.15) is 0 Å². The number of hydrogen-bond donors (Lipinski definition) is 1. The number of hydrogen-bond acceptors (Lipinski definition) is 4. The zero-order valence-electron chi connectivity index (χ0n) is 11.5. The van der Waals surface area contributed by atoms with E-state index >= 15 is 0 Å². The lowest BCUT2D eigenvalue weighted by Crippen LogP contribution is -2.23. The lowest BCUT2D eigenvalue weighted by Gasteiger charge is -2.18. The summed E-state index contributed by atoms with van der Waals surface area (Å²) in [6, 6.07) is 6.03. The van der Waals surface area contributed by atoms with Gasteiger partial charge in [0.25, 0.3) is 0 Å². The Morgan fingerprint density at radius 2 is 2.11 bits per heavy atom. The van der Waals surface area contributed by atoms with Crippen molar-refractivity contribution in [2.24, 2.45) is 0 Å². The Hall–Kier alpha value is -1.39. The first-order valence-electron chi connectivity index (χ1n) is 6.38. The minimum Gasteiger partial charge on any atom is -0.367 e. The Bertz CT molecular complexity index is 556. The number of aromatic nitrogens is 2. The highest BCUT2D eigenvalue weighted by atomic mass is 35.5. The van der Waals surface area contributed by atoms with Gasteiger partial charge in [0, 0.05) is 16.5 Å². The van der Waals surface area contributed by atoms with Gasteiger partial charge in [-0.1, -0.05) is 11.6 Å². The topological polar surface area (TPSA) is 41.0 Å². The summed E-state index contributed by atoms with van der Waals surface area (Å²) in [6.45, 7) is 3.20. The molecule has 0 saturated carbocycles. The van der Waals surface area contributed by atoms with Crippen LogP contribution in [-0.4, -0.2) is 41.5 Å². The third-order valence-corrected chi connectivity index (χ3v) is 3.23. The summed E-state index contributed by atoms with van der Waals surface area (Å²) in [4.78, 5) is 10.7. The summed E-state index contributed by atoms with van der Waals surface area (Å²) in [7, 11) is 4.16. The number of fused-ring (bicyclic) bond motifs is 1. The first kappa shape index (κ1) is 14.0. The molecule has 0 aliphatic carbocycles. The summed E-state index contributed by atoms with van der Waals surface area (Å²) in [6.07, 6.45) is 2.63. The molecular formula is C14H19ClN4. The molecule has 1 atom stereocenters. The van der Waals surface area contributed by atoms with E-state index in [4.69, 9.17) is 11.6 Å². The van der Waals surface area contributed by atoms with Crippen LogP contribution >= 0.6 is 11.6 Å². The van der Waals surface area contributed by atoms with Gasteiger partial charge < -0.3 is 10.2 Å². The molecule has 0 spiro atoms. The fourth-order valence-electron chi connectivity index (χ4n) is 1.90. The van der Waals surface area contributed by atoms with Crippen LogP contribution < -0.4 is 5.32 Å². The van der Waals surface area contributed by atoms with Crippen molar-refractivity contribution in [1.82, 2.24) is 14.9 Å². The molecule has 1 aromatic carbocycles. The van der Waals surface area contributed by atoms with Gasteiger partial charge in [-0.05, 0) is 52.2 Å². The van der Waals surface area contributed by atoms with E-state index in [1.165, 1.54) is 0 Å². The number of anilines is 1. The van der Waals surface area contributed by atoms with E-state index in [0.29, 0.717) is 11.1 Å². The van der Waals surface area contributed by atoms with E-state index in [9.17, 15) is 0 Å². The Balaban J connectivity index is 2.16. The number of benzene rings is 1. The fraction of sp³-hybridized carbons (Fsp3) is 0.429. The zero-order valence-corrected chi connectivity index (χ0v) is 12.3. The third-order valence-electron chi connectivity index (χ3n) is 2.99. The molecule has 0 aliphatic rings. The van der Waals surface area contributed by atoms with Crippen LogP contribution in [0.3, 0.4) is 0 Å². The average Bonchev–Trinajstić information content (AvgIpc) is 2.36. The second-order valence-electron chi connectivity index (χ2n) is 5.02. The fourth-order valence-corrected chi connectivity index (χ4v) is 2.07. The molecule has 1 heterocycles. The van der Waals surface area contributed by atoms with Crippen LogP contribution in [0.4, 0.5) is 5.82 Å². The van der Waals surface area contributed by atoms with Crippen LogP contribution in [0.25, 0.3) is 10.9 Å². The number of halogens is 1. The molecule has 2 aromatic rings. The van der Waals surface area contributed by atoms with E-state index in [-0.39, 0.29) is 0 Å². The maximum absolute atomic E-state index is 5.97. The van der Waals surface area contributed by atoms with Crippen LogP contribution in [0.1, 0.15) is 13.3 Å². The molecule has 1 aromatic heterocycles. The van der Waals surface area contributed by atoms with Gasteiger partial charge in [0.1, 0.15) is 12.1 Å². The minimum absolute atomic E-state index is 0.358. The number of nitrogens with one attached hydrogen (secondary N) is 1. The first-order valence-corrected chi connectivity index (χ1v) is 6.75. The predicted octanol–water partition coefficient (Wildman–Crippen LogP) is 3.04. The molecule has 0 aliphatic heterocycles. The lowest BCUT2D eigenvalue weighted by molar-refractivity contribution is 0.390. The highest BCUT2D eigenvalue weighted by molar-refractivity contribution is 6.31. The van der Waals surface area contributed by atoms with Gasteiger partial charge in [0.15, 0.2) is 0 Å². The Kier molecular flexibility index (Phi) is 4.56. The van der Waals surface area contributed by atoms with Crippen LogP contribution in [0.5, 0.6) is 0 Å². The van der Waals surface area contributed by atoms with Gasteiger partial charge in [-0.15, -0.1) is 0 Å². The summed E-state index contributed by atoms with van der Waals surface area (Å²) >= 11 is 5.97. The SMILES string of the molecule is CC(CCN(C)C)Nc1ncnc2cc(Cl)ccc12. The van der Waals surface area contributed by atoms with Gasteiger partial charge in [0.05, 0.1) is 5.52 Å². The van der Waals surface area contributed by atoms with Crippen molar-refractivity contribution in [1.29, 1.82) is 0 Å². The van der Waals surface area contributed by atoms with Crippen molar-refractivity contribution >= 4 is 28.3 Å². The molecule has 0 saturated heterocycles. The highest BCUT2D eigenvalue weighted by Gasteiger charge is 2.08. The van der Waals surface area contributed by atoms with Crippen LogP contribution in [0, 0.1) is 0 Å². The first-order chi connectivity index (χ1) is 9.06. The molecular weight excluding hydrogens is 260 g/mol.